The molecule has 16 heteroatoms. The van der Waals surface area contributed by atoms with Gasteiger partial charge in [0.25, 0.3) is 11.4 Å². The molecule has 1 aromatic rings. The third-order valence-electron chi connectivity index (χ3n) is 6.39. The van der Waals surface area contributed by atoms with Crippen molar-refractivity contribution in [2.24, 2.45) is 5.92 Å². The van der Waals surface area contributed by atoms with E-state index >= 15 is 0 Å². The molecule has 0 radical (unpaired) electrons. The van der Waals surface area contributed by atoms with Crippen LogP contribution in [0.2, 0.25) is 0 Å². The lowest BCUT2D eigenvalue weighted by atomic mass is 10.00. The van der Waals surface area contributed by atoms with Gasteiger partial charge < -0.3 is 43.2 Å². The zero-order chi connectivity index (χ0) is 33.7. The van der Waals surface area contributed by atoms with E-state index in [-0.39, 0.29) is 48.7 Å². The molecule has 0 bridgehead atoms. The summed E-state index contributed by atoms with van der Waals surface area (Å²) >= 11 is 0. The molecule has 264 valence electrons. The van der Waals surface area contributed by atoms with E-state index in [1.54, 1.807) is 0 Å². The van der Waals surface area contributed by atoms with Gasteiger partial charge in [-0.05, 0) is 18.9 Å². The molecule has 1 N–H and O–H groups in total. The van der Waals surface area contributed by atoms with Gasteiger partial charge in [-0.3, -0.25) is 25.0 Å². The number of esters is 1. The van der Waals surface area contributed by atoms with Gasteiger partial charge in [-0.25, -0.2) is 0 Å². The van der Waals surface area contributed by atoms with Crippen LogP contribution in [-0.2, 0) is 42.7 Å². The zero-order valence-electron chi connectivity index (χ0n) is 27.2. The first-order chi connectivity index (χ1) is 22.4. The largest absolute Gasteiger partial charge is 0.463 e. The Labute approximate surface area is 270 Å². The summed E-state index contributed by atoms with van der Waals surface area (Å²) in [5.74, 6) is -0.158. The highest BCUT2D eigenvalue weighted by Crippen LogP contribution is 2.28. The molecule has 1 unspecified atom stereocenters. The molecule has 16 nitrogen and oxygen atoms in total. The normalized spacial score (nSPS) is 11.8. The van der Waals surface area contributed by atoms with Crippen molar-refractivity contribution < 1.29 is 52.5 Å². The fraction of sp³-hybridized carbons (Fsp3) is 0.767. The highest BCUT2D eigenvalue weighted by Gasteiger charge is 2.19. The summed E-state index contributed by atoms with van der Waals surface area (Å²) in [7, 11) is 0. The average Bonchev–Trinajstić information content (AvgIpc) is 3.04. The smallest absolute Gasteiger partial charge is 0.308 e. The minimum Gasteiger partial charge on any atom is -0.463 e. The van der Waals surface area contributed by atoms with E-state index in [0.717, 1.165) is 31.7 Å². The predicted octanol–water partition coefficient (Wildman–Crippen LogP) is 3.79. The first-order valence-corrected chi connectivity index (χ1v) is 15.8. The summed E-state index contributed by atoms with van der Waals surface area (Å²) in [6.45, 7) is 10.3. The van der Waals surface area contributed by atoms with Gasteiger partial charge in [-0.1, -0.05) is 26.7 Å². The number of unbranched alkanes of at least 4 members (excludes halogenated alkanes) is 1. The van der Waals surface area contributed by atoms with Gasteiger partial charge in [0.1, 0.15) is 12.3 Å². The summed E-state index contributed by atoms with van der Waals surface area (Å²) in [4.78, 5) is 32.6. The number of nitro groups is 2. The summed E-state index contributed by atoms with van der Waals surface area (Å²) in [5, 5.41) is 24.8. The minimum atomic E-state index is -0.683. The van der Waals surface area contributed by atoms with Gasteiger partial charge in [0.05, 0.1) is 114 Å². The summed E-state index contributed by atoms with van der Waals surface area (Å²) in [6.07, 6.45) is 3.77. The molecule has 0 aliphatic carbocycles. The van der Waals surface area contributed by atoms with Gasteiger partial charge in [-0.2, -0.15) is 0 Å². The molecule has 0 aliphatic rings. The molecular weight excluding hydrogens is 610 g/mol. The fourth-order valence-corrected chi connectivity index (χ4v) is 3.87. The van der Waals surface area contributed by atoms with Crippen LogP contribution in [0, 0.1) is 26.1 Å². The molecule has 46 heavy (non-hydrogen) atoms. The lowest BCUT2D eigenvalue weighted by molar-refractivity contribution is -0.393. The van der Waals surface area contributed by atoms with Gasteiger partial charge in [0.15, 0.2) is 0 Å². The second kappa shape index (κ2) is 28.3. The molecule has 0 spiro atoms. The van der Waals surface area contributed by atoms with Crippen molar-refractivity contribution in [2.75, 3.05) is 111 Å². The number of ether oxygens (including phenoxy) is 8. The van der Waals surface area contributed by atoms with Gasteiger partial charge in [0, 0.05) is 12.6 Å². The van der Waals surface area contributed by atoms with E-state index in [0.29, 0.717) is 85.9 Å². The number of nitrogens with zero attached hydrogens (tertiary/aromatic N) is 2. The molecule has 0 aromatic heterocycles. The number of benzene rings is 1. The van der Waals surface area contributed by atoms with E-state index in [4.69, 9.17) is 37.9 Å². The lowest BCUT2D eigenvalue weighted by Crippen LogP contribution is -2.20. The molecule has 1 rings (SSSR count). The van der Waals surface area contributed by atoms with Crippen LogP contribution >= 0.6 is 0 Å². The van der Waals surface area contributed by atoms with Crippen LogP contribution in [-0.4, -0.2) is 121 Å². The molecule has 1 aromatic carbocycles. The molecule has 0 aliphatic heterocycles. The van der Waals surface area contributed by atoms with Crippen LogP contribution in [0.15, 0.2) is 18.2 Å². The Morgan fingerprint density at radius 2 is 1.15 bits per heavy atom. The SMILES string of the molecule is CCCCC(CC)C(=O)OCCOCCOCCOCCOCCOCCOCCOCCNc1ccc([N+](=O)[O-])cc1[N+](=O)[O-]. The Hall–Kier alpha value is -2.99. The number of hydrogen-bond donors (Lipinski definition) is 1. The molecule has 0 fully saturated rings. The third-order valence-corrected chi connectivity index (χ3v) is 6.39. The standard InChI is InChI=1S/C30H51N3O13/c1-3-5-6-26(4-2)30(34)46-24-23-45-22-21-44-20-19-43-18-17-42-16-15-41-14-13-40-12-11-39-10-9-31-28-8-7-27(32(35)36)25-29(28)33(37)38/h7-8,25-26,31H,3-6,9-24H2,1-2H3. The maximum Gasteiger partial charge on any atom is 0.308 e. The maximum atomic E-state index is 12.0. The minimum absolute atomic E-state index is 0.0202. The Kier molecular flexibility index (Phi) is 25.2. The molecule has 0 heterocycles. The Balaban J connectivity index is 1.80. The Bertz CT molecular complexity index is 955. The number of rotatable bonds is 32. The number of nitrogens with one attached hydrogen (secondary N) is 1. The quantitative estimate of drug-likeness (QED) is 0.0508. The second-order valence-corrected chi connectivity index (χ2v) is 9.84. The second-order valence-electron chi connectivity index (χ2n) is 9.84. The highest BCUT2D eigenvalue weighted by atomic mass is 16.6. The molecule has 0 amide bonds. The summed E-state index contributed by atoms with van der Waals surface area (Å²) in [6, 6.07) is 3.42. The van der Waals surface area contributed by atoms with Crippen molar-refractivity contribution in [3.8, 4) is 0 Å². The van der Waals surface area contributed by atoms with E-state index in [9.17, 15) is 25.0 Å². The average molecular weight is 662 g/mol. The highest BCUT2D eigenvalue weighted by molar-refractivity contribution is 5.72. The first kappa shape index (κ1) is 41.0. The summed E-state index contributed by atoms with van der Waals surface area (Å²) in [5.41, 5.74) is -0.530. The van der Waals surface area contributed by atoms with Crippen LogP contribution in [0.25, 0.3) is 0 Å². The molecule has 0 saturated heterocycles. The monoisotopic (exact) mass is 661 g/mol. The van der Waals surface area contributed by atoms with Gasteiger partial charge in [0.2, 0.25) is 0 Å². The predicted molar refractivity (Wildman–Crippen MR) is 168 cm³/mol. The van der Waals surface area contributed by atoms with Gasteiger partial charge >= 0.3 is 5.97 Å². The van der Waals surface area contributed by atoms with Crippen molar-refractivity contribution >= 4 is 23.0 Å². The molecular formula is C30H51N3O13. The number of carbonyl (C=O) groups is 1. The van der Waals surface area contributed by atoms with Crippen LogP contribution in [0.1, 0.15) is 39.5 Å². The first-order valence-electron chi connectivity index (χ1n) is 15.8. The van der Waals surface area contributed by atoms with Crippen LogP contribution in [0.4, 0.5) is 17.1 Å². The Morgan fingerprint density at radius 1 is 0.696 bits per heavy atom. The third kappa shape index (κ3) is 20.9. The van der Waals surface area contributed by atoms with Crippen molar-refractivity contribution in [3.63, 3.8) is 0 Å². The van der Waals surface area contributed by atoms with E-state index in [1.165, 1.54) is 12.1 Å². The van der Waals surface area contributed by atoms with E-state index in [2.05, 4.69) is 12.2 Å². The maximum absolute atomic E-state index is 12.0. The molecule has 0 saturated carbocycles. The topological polar surface area (TPSA) is 189 Å². The van der Waals surface area contributed by atoms with Gasteiger partial charge in [-0.15, -0.1) is 0 Å². The molecule has 1 atom stereocenters. The van der Waals surface area contributed by atoms with E-state index in [1.807, 2.05) is 6.92 Å². The van der Waals surface area contributed by atoms with Crippen molar-refractivity contribution in [1.82, 2.24) is 0 Å². The summed E-state index contributed by atoms with van der Waals surface area (Å²) < 4.78 is 43.3. The lowest BCUT2D eigenvalue weighted by Gasteiger charge is -2.13. The van der Waals surface area contributed by atoms with Crippen molar-refractivity contribution in [3.05, 3.63) is 38.4 Å². The number of carbonyl (C=O) groups excluding carboxylic acids is 1. The number of nitro benzene ring substituents is 2. The number of non-ortho nitro benzene ring substituents is 1. The van der Waals surface area contributed by atoms with Crippen LogP contribution < -0.4 is 5.32 Å². The van der Waals surface area contributed by atoms with Crippen LogP contribution in [0.3, 0.4) is 0 Å². The Morgan fingerprint density at radius 3 is 1.57 bits per heavy atom. The van der Waals surface area contributed by atoms with Crippen molar-refractivity contribution in [1.29, 1.82) is 0 Å². The van der Waals surface area contributed by atoms with Crippen LogP contribution in [0.5, 0.6) is 0 Å². The number of hydrogen-bond acceptors (Lipinski definition) is 14. The number of anilines is 1. The fourth-order valence-electron chi connectivity index (χ4n) is 3.87. The van der Waals surface area contributed by atoms with Crippen molar-refractivity contribution in [2.45, 2.75) is 39.5 Å². The zero-order valence-corrected chi connectivity index (χ0v) is 27.2. The van der Waals surface area contributed by atoms with E-state index < -0.39 is 9.85 Å².